The van der Waals surface area contributed by atoms with Crippen LogP contribution in [0.2, 0.25) is 0 Å². The molecular formula is C18H23NO. The number of nitrogens with one attached hydrogen (secondary N) is 1. The predicted octanol–water partition coefficient (Wildman–Crippen LogP) is 3.65. The molecule has 1 fully saturated rings. The third-order valence-electron chi connectivity index (χ3n) is 4.65. The van der Waals surface area contributed by atoms with Gasteiger partial charge in [0.15, 0.2) is 0 Å². The van der Waals surface area contributed by atoms with Crippen LogP contribution in [0.4, 0.5) is 0 Å². The van der Waals surface area contributed by atoms with Crippen LogP contribution in [0.15, 0.2) is 42.5 Å². The normalized spacial score (nSPS) is 24.1. The first-order valence-corrected chi connectivity index (χ1v) is 7.64. The smallest absolute Gasteiger partial charge is 0.0474 e. The van der Waals surface area contributed by atoms with Crippen molar-refractivity contribution in [1.82, 2.24) is 5.32 Å². The Morgan fingerprint density at radius 1 is 1.15 bits per heavy atom. The zero-order valence-electron chi connectivity index (χ0n) is 12.0. The largest absolute Gasteiger partial charge is 0.396 e. The fourth-order valence-corrected chi connectivity index (χ4v) is 3.51. The monoisotopic (exact) mass is 269 g/mol. The molecule has 0 saturated heterocycles. The van der Waals surface area contributed by atoms with Crippen LogP contribution in [0.5, 0.6) is 0 Å². The van der Waals surface area contributed by atoms with Gasteiger partial charge in [-0.05, 0) is 42.0 Å². The van der Waals surface area contributed by atoms with E-state index in [1.807, 2.05) is 0 Å². The van der Waals surface area contributed by atoms with Gasteiger partial charge in [-0.3, -0.25) is 0 Å². The van der Waals surface area contributed by atoms with Gasteiger partial charge < -0.3 is 10.4 Å². The van der Waals surface area contributed by atoms with Gasteiger partial charge in [-0.1, -0.05) is 48.9 Å². The number of rotatable bonds is 4. The lowest BCUT2D eigenvalue weighted by Gasteiger charge is -2.25. The number of fused-ring (bicyclic) bond motifs is 1. The fraction of sp³-hybridized carbons (Fsp3) is 0.444. The van der Waals surface area contributed by atoms with Crippen molar-refractivity contribution in [3.05, 3.63) is 48.0 Å². The van der Waals surface area contributed by atoms with Crippen LogP contribution < -0.4 is 5.32 Å². The van der Waals surface area contributed by atoms with Gasteiger partial charge in [0.05, 0.1) is 0 Å². The van der Waals surface area contributed by atoms with Gasteiger partial charge in [0.2, 0.25) is 0 Å². The lowest BCUT2D eigenvalue weighted by molar-refractivity contribution is 0.201. The van der Waals surface area contributed by atoms with E-state index < -0.39 is 0 Å². The minimum atomic E-state index is 0.305. The molecule has 1 aliphatic carbocycles. The van der Waals surface area contributed by atoms with E-state index in [0.717, 1.165) is 6.42 Å². The number of aliphatic hydroxyl groups excluding tert-OH is 1. The van der Waals surface area contributed by atoms with Gasteiger partial charge in [-0.25, -0.2) is 0 Å². The molecule has 1 saturated carbocycles. The summed E-state index contributed by atoms with van der Waals surface area (Å²) in [6.45, 7) is 2.54. The predicted molar refractivity (Wildman–Crippen MR) is 83.7 cm³/mol. The zero-order chi connectivity index (χ0) is 13.9. The molecule has 2 aromatic carbocycles. The number of aliphatic hydroxyl groups is 1. The summed E-state index contributed by atoms with van der Waals surface area (Å²) in [7, 11) is 0. The topological polar surface area (TPSA) is 32.3 Å². The average molecular weight is 269 g/mol. The molecule has 3 rings (SSSR count). The minimum absolute atomic E-state index is 0.305. The maximum atomic E-state index is 9.45. The highest BCUT2D eigenvalue weighted by Crippen LogP contribution is 2.29. The lowest BCUT2D eigenvalue weighted by atomic mass is 9.97. The first kappa shape index (κ1) is 13.6. The standard InChI is InChI=1S/C18H23NO/c1-13(19-18-11-5-8-15(18)12-20)16-10-4-7-14-6-2-3-9-17(14)16/h2-4,6-7,9-10,13,15,18-20H,5,8,11-12H2,1H3. The Balaban J connectivity index is 1.83. The molecule has 0 bridgehead atoms. The van der Waals surface area contributed by atoms with Gasteiger partial charge in [0.1, 0.15) is 0 Å². The van der Waals surface area contributed by atoms with Crippen LogP contribution in [-0.2, 0) is 0 Å². The van der Waals surface area contributed by atoms with Crippen LogP contribution in [-0.4, -0.2) is 17.8 Å². The molecular weight excluding hydrogens is 246 g/mol. The molecule has 2 heteroatoms. The Bertz CT molecular complexity index is 575. The van der Waals surface area contributed by atoms with Gasteiger partial charge in [0, 0.05) is 18.7 Å². The molecule has 0 radical (unpaired) electrons. The van der Waals surface area contributed by atoms with Crippen LogP contribution in [0.25, 0.3) is 10.8 Å². The van der Waals surface area contributed by atoms with E-state index in [1.165, 1.54) is 29.2 Å². The summed E-state index contributed by atoms with van der Waals surface area (Å²) in [5, 5.41) is 15.8. The van der Waals surface area contributed by atoms with Gasteiger partial charge in [-0.15, -0.1) is 0 Å². The highest BCUT2D eigenvalue weighted by atomic mass is 16.3. The lowest BCUT2D eigenvalue weighted by Crippen LogP contribution is -2.35. The average Bonchev–Trinajstić information content (AvgIpc) is 2.93. The third-order valence-corrected chi connectivity index (χ3v) is 4.65. The zero-order valence-corrected chi connectivity index (χ0v) is 12.0. The summed E-state index contributed by atoms with van der Waals surface area (Å²) in [6.07, 6.45) is 3.56. The van der Waals surface area contributed by atoms with E-state index in [1.54, 1.807) is 0 Å². The van der Waals surface area contributed by atoms with Gasteiger partial charge >= 0.3 is 0 Å². The van der Waals surface area contributed by atoms with Gasteiger partial charge in [-0.2, -0.15) is 0 Å². The molecule has 3 unspecified atom stereocenters. The summed E-state index contributed by atoms with van der Waals surface area (Å²) in [6, 6.07) is 15.8. The highest BCUT2D eigenvalue weighted by molar-refractivity contribution is 5.86. The van der Waals surface area contributed by atoms with E-state index >= 15 is 0 Å². The number of benzene rings is 2. The molecule has 2 nitrogen and oxygen atoms in total. The summed E-state index contributed by atoms with van der Waals surface area (Å²) in [4.78, 5) is 0. The molecule has 3 atom stereocenters. The van der Waals surface area contributed by atoms with E-state index in [-0.39, 0.29) is 0 Å². The third kappa shape index (κ3) is 2.58. The highest BCUT2D eigenvalue weighted by Gasteiger charge is 2.27. The summed E-state index contributed by atoms with van der Waals surface area (Å²) >= 11 is 0. The molecule has 0 aromatic heterocycles. The Hall–Kier alpha value is -1.38. The van der Waals surface area contributed by atoms with E-state index in [0.29, 0.717) is 24.6 Å². The summed E-state index contributed by atoms with van der Waals surface area (Å²) in [5.41, 5.74) is 1.35. The second-order valence-electron chi connectivity index (χ2n) is 5.94. The first-order chi connectivity index (χ1) is 9.79. The van der Waals surface area contributed by atoms with E-state index in [9.17, 15) is 5.11 Å². The first-order valence-electron chi connectivity index (χ1n) is 7.64. The van der Waals surface area contributed by atoms with Crippen molar-refractivity contribution in [3.8, 4) is 0 Å². The van der Waals surface area contributed by atoms with Crippen molar-refractivity contribution in [1.29, 1.82) is 0 Å². The Kier molecular flexibility index (Phi) is 4.04. The maximum absolute atomic E-state index is 9.45. The Morgan fingerprint density at radius 3 is 2.80 bits per heavy atom. The van der Waals surface area contributed by atoms with Crippen LogP contribution in [0.1, 0.15) is 37.8 Å². The number of hydrogen-bond donors (Lipinski definition) is 2. The van der Waals surface area contributed by atoms with Crippen LogP contribution >= 0.6 is 0 Å². The van der Waals surface area contributed by atoms with E-state index in [4.69, 9.17) is 0 Å². The summed E-state index contributed by atoms with van der Waals surface area (Å²) in [5.74, 6) is 0.424. The molecule has 0 heterocycles. The molecule has 2 aromatic rings. The van der Waals surface area contributed by atoms with Crippen molar-refractivity contribution in [2.24, 2.45) is 5.92 Å². The Labute approximate surface area is 120 Å². The quantitative estimate of drug-likeness (QED) is 0.888. The molecule has 2 N–H and O–H groups in total. The second-order valence-corrected chi connectivity index (χ2v) is 5.94. The van der Waals surface area contributed by atoms with Crippen LogP contribution in [0.3, 0.4) is 0 Å². The Morgan fingerprint density at radius 2 is 1.95 bits per heavy atom. The fourth-order valence-electron chi connectivity index (χ4n) is 3.51. The molecule has 20 heavy (non-hydrogen) atoms. The molecule has 1 aliphatic rings. The summed E-state index contributed by atoms with van der Waals surface area (Å²) < 4.78 is 0. The maximum Gasteiger partial charge on any atom is 0.0474 e. The van der Waals surface area contributed by atoms with E-state index in [2.05, 4.69) is 54.7 Å². The van der Waals surface area contributed by atoms with Crippen molar-refractivity contribution < 1.29 is 5.11 Å². The molecule has 106 valence electrons. The van der Waals surface area contributed by atoms with Crippen molar-refractivity contribution >= 4 is 10.8 Å². The molecule has 0 aliphatic heterocycles. The van der Waals surface area contributed by atoms with Crippen LogP contribution in [0, 0.1) is 5.92 Å². The molecule has 0 spiro atoms. The number of hydrogen-bond acceptors (Lipinski definition) is 2. The van der Waals surface area contributed by atoms with Crippen molar-refractivity contribution in [3.63, 3.8) is 0 Å². The molecule has 0 amide bonds. The van der Waals surface area contributed by atoms with Crippen molar-refractivity contribution in [2.45, 2.75) is 38.3 Å². The SMILES string of the molecule is CC(NC1CCCC1CO)c1cccc2ccccc12. The van der Waals surface area contributed by atoms with Gasteiger partial charge in [0.25, 0.3) is 0 Å². The minimum Gasteiger partial charge on any atom is -0.396 e. The second kappa shape index (κ2) is 5.94. The van der Waals surface area contributed by atoms with Crippen molar-refractivity contribution in [2.75, 3.05) is 6.61 Å².